The number of rotatable bonds is 10. The van der Waals surface area contributed by atoms with Gasteiger partial charge >= 0.3 is 0 Å². The molecular weight excluding hydrogens is 418 g/mol. The summed E-state index contributed by atoms with van der Waals surface area (Å²) in [7, 11) is -3.79. The number of nitrogens with one attached hydrogen (secondary N) is 2. The second-order valence-corrected chi connectivity index (χ2v) is 10.1. The fraction of sp³-hybridized carbons (Fsp3) is 0.364. The van der Waals surface area contributed by atoms with Crippen molar-refractivity contribution in [2.75, 3.05) is 12.3 Å². The van der Waals surface area contributed by atoms with E-state index >= 15 is 0 Å². The molecule has 2 aromatic carbocycles. The van der Waals surface area contributed by atoms with Gasteiger partial charge in [0.1, 0.15) is 6.04 Å². The Hall–Kier alpha value is -2.34. The summed E-state index contributed by atoms with van der Waals surface area (Å²) < 4.78 is 27.8. The number of nitriles is 1. The molecule has 30 heavy (non-hydrogen) atoms. The molecule has 0 fully saturated rings. The first-order valence-electron chi connectivity index (χ1n) is 9.67. The zero-order valence-corrected chi connectivity index (χ0v) is 19.0. The molecule has 0 saturated carbocycles. The van der Waals surface area contributed by atoms with Crippen LogP contribution in [0.4, 0.5) is 0 Å². The standard InChI is InChI=1S/C22H27N3O3S2/c1-16(2)21(25-30(27,28)20-10-8-17(3)9-11-20)22(26)24-12-13-29-15-19-7-5-4-6-18(19)14-23/h4-11,16,21,25H,12-13,15H2,1-3H3,(H,24,26)/t21-/m0/s1. The van der Waals surface area contributed by atoms with Crippen LogP contribution in [0.25, 0.3) is 0 Å². The van der Waals surface area contributed by atoms with Crippen molar-refractivity contribution in [1.82, 2.24) is 10.0 Å². The van der Waals surface area contributed by atoms with Gasteiger partial charge in [-0.3, -0.25) is 4.79 Å². The van der Waals surface area contributed by atoms with Crippen LogP contribution in [-0.2, 0) is 20.6 Å². The van der Waals surface area contributed by atoms with Crippen molar-refractivity contribution in [3.8, 4) is 6.07 Å². The Kier molecular flexibility index (Phi) is 8.90. The number of nitrogens with zero attached hydrogens (tertiary/aromatic N) is 1. The van der Waals surface area contributed by atoms with E-state index in [-0.39, 0.29) is 16.7 Å². The summed E-state index contributed by atoms with van der Waals surface area (Å²) in [5, 5.41) is 11.9. The van der Waals surface area contributed by atoms with Gasteiger partial charge in [0.05, 0.1) is 16.5 Å². The van der Waals surface area contributed by atoms with Crippen molar-refractivity contribution in [3.63, 3.8) is 0 Å². The third-order valence-electron chi connectivity index (χ3n) is 4.50. The molecule has 1 atom stereocenters. The SMILES string of the molecule is Cc1ccc(S(=O)(=O)N[C@H](C(=O)NCCSCc2ccccc2C#N)C(C)C)cc1. The lowest BCUT2D eigenvalue weighted by atomic mass is 10.1. The Morgan fingerprint density at radius 3 is 2.43 bits per heavy atom. The first-order valence-corrected chi connectivity index (χ1v) is 12.3. The zero-order valence-electron chi connectivity index (χ0n) is 17.4. The maximum atomic E-state index is 12.6. The minimum Gasteiger partial charge on any atom is -0.354 e. The smallest absolute Gasteiger partial charge is 0.241 e. The van der Waals surface area contributed by atoms with Gasteiger partial charge in [-0.2, -0.15) is 21.7 Å². The van der Waals surface area contributed by atoms with Gasteiger partial charge < -0.3 is 5.32 Å². The van der Waals surface area contributed by atoms with E-state index < -0.39 is 16.1 Å². The van der Waals surface area contributed by atoms with Crippen molar-refractivity contribution in [2.45, 2.75) is 37.5 Å². The van der Waals surface area contributed by atoms with Gasteiger partial charge in [0.2, 0.25) is 15.9 Å². The Morgan fingerprint density at radius 2 is 1.80 bits per heavy atom. The van der Waals surface area contributed by atoms with Gasteiger partial charge in [-0.25, -0.2) is 8.42 Å². The minimum atomic E-state index is -3.79. The molecule has 0 saturated heterocycles. The number of hydrogen-bond acceptors (Lipinski definition) is 5. The van der Waals surface area contributed by atoms with E-state index in [9.17, 15) is 13.2 Å². The average Bonchev–Trinajstić information content (AvgIpc) is 2.72. The van der Waals surface area contributed by atoms with Crippen molar-refractivity contribution < 1.29 is 13.2 Å². The molecule has 0 bridgehead atoms. The monoisotopic (exact) mass is 445 g/mol. The predicted molar refractivity (Wildman–Crippen MR) is 120 cm³/mol. The largest absolute Gasteiger partial charge is 0.354 e. The Labute approximate surface area is 183 Å². The topological polar surface area (TPSA) is 99.1 Å². The number of benzene rings is 2. The van der Waals surface area contributed by atoms with Crippen molar-refractivity contribution in [3.05, 3.63) is 65.2 Å². The van der Waals surface area contributed by atoms with E-state index in [1.807, 2.05) is 25.1 Å². The Morgan fingerprint density at radius 1 is 1.13 bits per heavy atom. The van der Waals surface area contributed by atoms with E-state index in [2.05, 4.69) is 16.1 Å². The normalized spacial score (nSPS) is 12.4. The fourth-order valence-corrected chi connectivity index (χ4v) is 4.95. The molecule has 0 unspecified atom stereocenters. The Bertz CT molecular complexity index is 997. The van der Waals surface area contributed by atoms with E-state index in [1.165, 1.54) is 12.1 Å². The van der Waals surface area contributed by atoms with E-state index in [0.717, 1.165) is 11.1 Å². The van der Waals surface area contributed by atoms with Crippen LogP contribution in [0.5, 0.6) is 0 Å². The third kappa shape index (κ3) is 6.87. The van der Waals surface area contributed by atoms with Gasteiger partial charge in [-0.15, -0.1) is 0 Å². The summed E-state index contributed by atoms with van der Waals surface area (Å²) in [6.07, 6.45) is 0. The van der Waals surface area contributed by atoms with Gasteiger partial charge in [-0.1, -0.05) is 49.7 Å². The summed E-state index contributed by atoms with van der Waals surface area (Å²) in [5.74, 6) is 0.771. The highest BCUT2D eigenvalue weighted by Crippen LogP contribution is 2.16. The molecular formula is C22H27N3O3S2. The van der Waals surface area contributed by atoms with Crippen LogP contribution in [0, 0.1) is 24.2 Å². The lowest BCUT2D eigenvalue weighted by molar-refractivity contribution is -0.123. The highest BCUT2D eigenvalue weighted by molar-refractivity contribution is 7.98. The van der Waals surface area contributed by atoms with Gasteiger partial charge in [0.25, 0.3) is 0 Å². The quantitative estimate of drug-likeness (QED) is 0.547. The maximum Gasteiger partial charge on any atom is 0.241 e. The van der Waals surface area contributed by atoms with Crippen LogP contribution in [0.3, 0.4) is 0 Å². The molecule has 0 radical (unpaired) electrons. The molecule has 0 spiro atoms. The van der Waals surface area contributed by atoms with Crippen LogP contribution in [0.15, 0.2) is 53.4 Å². The van der Waals surface area contributed by atoms with Crippen LogP contribution in [-0.4, -0.2) is 32.7 Å². The van der Waals surface area contributed by atoms with Gasteiger partial charge in [0.15, 0.2) is 0 Å². The number of carbonyl (C=O) groups excluding carboxylic acids is 1. The summed E-state index contributed by atoms with van der Waals surface area (Å²) in [6.45, 7) is 5.89. The fourth-order valence-electron chi connectivity index (χ4n) is 2.74. The molecule has 2 rings (SSSR count). The van der Waals surface area contributed by atoms with Crippen molar-refractivity contribution in [2.24, 2.45) is 5.92 Å². The number of aryl methyl sites for hydroxylation is 1. The molecule has 0 aliphatic heterocycles. The lowest BCUT2D eigenvalue weighted by Crippen LogP contribution is -2.50. The number of amides is 1. The van der Waals surface area contributed by atoms with Crippen molar-refractivity contribution in [1.29, 1.82) is 5.26 Å². The number of thioether (sulfide) groups is 1. The second kappa shape index (κ2) is 11.2. The second-order valence-electron chi connectivity index (χ2n) is 7.27. The van der Waals surface area contributed by atoms with E-state index in [0.29, 0.717) is 23.6 Å². The highest BCUT2D eigenvalue weighted by atomic mass is 32.2. The number of sulfonamides is 1. The molecule has 0 heterocycles. The number of hydrogen-bond donors (Lipinski definition) is 2. The molecule has 0 aromatic heterocycles. The number of carbonyl (C=O) groups is 1. The summed E-state index contributed by atoms with van der Waals surface area (Å²) in [6, 6.07) is 15.2. The summed E-state index contributed by atoms with van der Waals surface area (Å²) >= 11 is 1.60. The lowest BCUT2D eigenvalue weighted by Gasteiger charge is -2.21. The third-order valence-corrected chi connectivity index (χ3v) is 6.97. The summed E-state index contributed by atoms with van der Waals surface area (Å²) in [5.41, 5.74) is 2.57. The first-order chi connectivity index (χ1) is 14.2. The molecule has 0 aliphatic rings. The van der Waals surface area contributed by atoms with Gasteiger partial charge in [0, 0.05) is 18.1 Å². The first kappa shape index (κ1) is 23.9. The predicted octanol–water partition coefficient (Wildman–Crippen LogP) is 3.22. The van der Waals surface area contributed by atoms with Crippen LogP contribution in [0.2, 0.25) is 0 Å². The van der Waals surface area contributed by atoms with E-state index in [4.69, 9.17) is 5.26 Å². The highest BCUT2D eigenvalue weighted by Gasteiger charge is 2.28. The summed E-state index contributed by atoms with van der Waals surface area (Å²) in [4.78, 5) is 12.7. The minimum absolute atomic E-state index is 0.137. The van der Waals surface area contributed by atoms with Crippen molar-refractivity contribution >= 4 is 27.7 Å². The average molecular weight is 446 g/mol. The molecule has 6 nitrogen and oxygen atoms in total. The van der Waals surface area contributed by atoms with Gasteiger partial charge in [-0.05, 0) is 36.6 Å². The molecule has 160 valence electrons. The molecule has 0 aliphatic carbocycles. The maximum absolute atomic E-state index is 12.6. The molecule has 2 N–H and O–H groups in total. The molecule has 2 aromatic rings. The Balaban J connectivity index is 1.88. The zero-order chi connectivity index (χ0) is 22.1. The van der Waals surface area contributed by atoms with E-state index in [1.54, 1.807) is 43.8 Å². The molecule has 1 amide bonds. The van der Waals surface area contributed by atoms with Crippen LogP contribution < -0.4 is 10.0 Å². The molecule has 8 heteroatoms. The van der Waals surface area contributed by atoms with Crippen LogP contribution in [0.1, 0.15) is 30.5 Å². The van der Waals surface area contributed by atoms with Crippen LogP contribution >= 0.6 is 11.8 Å².